The van der Waals surface area contributed by atoms with Crippen molar-refractivity contribution >= 4 is 16.9 Å². The van der Waals surface area contributed by atoms with E-state index in [4.69, 9.17) is 4.74 Å². The molecule has 1 fully saturated rings. The summed E-state index contributed by atoms with van der Waals surface area (Å²) in [4.78, 5) is 27.1. The van der Waals surface area contributed by atoms with Crippen molar-refractivity contribution in [1.29, 1.82) is 0 Å². The third-order valence-corrected chi connectivity index (χ3v) is 4.87. The van der Waals surface area contributed by atoms with Crippen LogP contribution in [-0.2, 0) is 18.3 Å². The predicted octanol–water partition coefficient (Wildman–Crippen LogP) is 2.50. The van der Waals surface area contributed by atoms with Crippen LogP contribution in [0.3, 0.4) is 0 Å². The molecule has 3 rings (SSSR count). The van der Waals surface area contributed by atoms with Crippen molar-refractivity contribution < 1.29 is 9.53 Å². The van der Waals surface area contributed by atoms with Gasteiger partial charge in [-0.05, 0) is 29.9 Å². The minimum Gasteiger partial charge on any atom is -0.377 e. The molecule has 0 saturated carbocycles. The Hall–Kier alpha value is -2.34. The van der Waals surface area contributed by atoms with E-state index in [1.54, 1.807) is 11.6 Å². The van der Waals surface area contributed by atoms with Crippen LogP contribution in [0, 0.1) is 5.92 Å². The largest absolute Gasteiger partial charge is 0.377 e. The number of amides is 2. The van der Waals surface area contributed by atoms with Crippen LogP contribution in [0.25, 0.3) is 10.9 Å². The van der Waals surface area contributed by atoms with E-state index in [0.29, 0.717) is 31.2 Å². The third-order valence-electron chi connectivity index (χ3n) is 4.87. The number of ether oxygens (including phenoxy) is 1. The second kappa shape index (κ2) is 7.91. The van der Waals surface area contributed by atoms with Crippen molar-refractivity contribution in [2.75, 3.05) is 19.8 Å². The molecule has 1 aliphatic rings. The van der Waals surface area contributed by atoms with Crippen LogP contribution < -0.4 is 10.9 Å². The maximum absolute atomic E-state index is 12.7. The van der Waals surface area contributed by atoms with E-state index in [-0.39, 0.29) is 24.2 Å². The van der Waals surface area contributed by atoms with E-state index < -0.39 is 0 Å². The molecule has 2 aromatic rings. The van der Waals surface area contributed by atoms with Crippen LogP contribution >= 0.6 is 0 Å². The lowest BCUT2D eigenvalue weighted by molar-refractivity contribution is 0.00550. The quantitative estimate of drug-likeness (QED) is 0.914. The van der Waals surface area contributed by atoms with Crippen LogP contribution in [0.2, 0.25) is 0 Å². The number of urea groups is 1. The van der Waals surface area contributed by atoms with Gasteiger partial charge in [-0.1, -0.05) is 32.0 Å². The highest BCUT2D eigenvalue weighted by Crippen LogP contribution is 2.16. The van der Waals surface area contributed by atoms with Gasteiger partial charge >= 0.3 is 6.03 Å². The van der Waals surface area contributed by atoms with Gasteiger partial charge in [0, 0.05) is 25.7 Å². The van der Waals surface area contributed by atoms with Crippen molar-refractivity contribution in [3.63, 3.8) is 0 Å². The molecule has 1 aliphatic heterocycles. The van der Waals surface area contributed by atoms with Gasteiger partial charge in [0.25, 0.3) is 5.56 Å². The molecule has 0 unspecified atom stereocenters. The molecule has 6 heteroatoms. The third kappa shape index (κ3) is 3.90. The molecule has 0 aliphatic carbocycles. The summed E-state index contributed by atoms with van der Waals surface area (Å²) in [6, 6.07) is 9.57. The Morgan fingerprint density at radius 1 is 1.35 bits per heavy atom. The number of carbonyl (C=O) groups is 1. The number of para-hydroxylation sites is 1. The summed E-state index contributed by atoms with van der Waals surface area (Å²) in [5.41, 5.74) is 1.40. The summed E-state index contributed by atoms with van der Waals surface area (Å²) < 4.78 is 7.17. The number of benzene rings is 1. The first-order chi connectivity index (χ1) is 12.5. The van der Waals surface area contributed by atoms with Crippen LogP contribution in [0.15, 0.2) is 35.1 Å². The van der Waals surface area contributed by atoms with Crippen molar-refractivity contribution in [3.05, 3.63) is 46.2 Å². The zero-order valence-electron chi connectivity index (χ0n) is 15.7. The number of carbonyl (C=O) groups excluding carboxylic acids is 1. The Balaban J connectivity index is 1.74. The SMILES string of the molecule is CC(C)C[C@H]1COCCN1C(=O)NCc1cc2ccccc2n(C)c1=O. The number of aryl methyl sites for hydroxylation is 1. The Morgan fingerprint density at radius 2 is 2.12 bits per heavy atom. The van der Waals surface area contributed by atoms with Gasteiger partial charge in [0.1, 0.15) is 0 Å². The number of hydrogen-bond donors (Lipinski definition) is 1. The maximum Gasteiger partial charge on any atom is 0.318 e. The monoisotopic (exact) mass is 357 g/mol. The minimum atomic E-state index is -0.130. The minimum absolute atomic E-state index is 0.0790. The summed E-state index contributed by atoms with van der Waals surface area (Å²) >= 11 is 0. The van der Waals surface area contributed by atoms with E-state index in [2.05, 4.69) is 19.2 Å². The normalized spacial score (nSPS) is 17.7. The molecule has 1 atom stereocenters. The fourth-order valence-electron chi connectivity index (χ4n) is 3.55. The van der Waals surface area contributed by atoms with Gasteiger partial charge in [0.2, 0.25) is 0 Å². The number of pyridine rings is 1. The fourth-order valence-corrected chi connectivity index (χ4v) is 3.55. The first-order valence-corrected chi connectivity index (χ1v) is 9.17. The molecule has 1 aromatic carbocycles. The smallest absolute Gasteiger partial charge is 0.318 e. The van der Waals surface area contributed by atoms with Crippen molar-refractivity contribution in [2.24, 2.45) is 13.0 Å². The standard InChI is InChI=1S/C20H27N3O3/c1-14(2)10-17-13-26-9-8-23(17)20(25)21-12-16-11-15-6-4-5-7-18(15)22(3)19(16)24/h4-7,11,14,17H,8-10,12-13H2,1-3H3,(H,21,25)/t17-/m0/s1. The number of rotatable bonds is 4. The molecule has 0 radical (unpaired) electrons. The zero-order chi connectivity index (χ0) is 18.7. The average Bonchev–Trinajstić information content (AvgIpc) is 2.63. The number of morpholine rings is 1. The summed E-state index contributed by atoms with van der Waals surface area (Å²) in [5, 5.41) is 3.91. The van der Waals surface area contributed by atoms with Gasteiger partial charge < -0.3 is 19.5 Å². The Kier molecular flexibility index (Phi) is 5.61. The fraction of sp³-hybridized carbons (Fsp3) is 0.500. The Bertz CT molecular complexity index is 844. The van der Waals surface area contributed by atoms with Gasteiger partial charge in [-0.15, -0.1) is 0 Å². The first-order valence-electron chi connectivity index (χ1n) is 9.17. The van der Waals surface area contributed by atoms with Crippen molar-refractivity contribution in [3.8, 4) is 0 Å². The molecule has 2 amide bonds. The second-order valence-corrected chi connectivity index (χ2v) is 7.30. The van der Waals surface area contributed by atoms with Gasteiger partial charge in [0.05, 0.1) is 24.8 Å². The van der Waals surface area contributed by atoms with Gasteiger partial charge in [-0.3, -0.25) is 4.79 Å². The predicted molar refractivity (Wildman–Crippen MR) is 102 cm³/mol. The van der Waals surface area contributed by atoms with Crippen molar-refractivity contribution in [1.82, 2.24) is 14.8 Å². The van der Waals surface area contributed by atoms with Crippen LogP contribution in [0.1, 0.15) is 25.8 Å². The van der Waals surface area contributed by atoms with Gasteiger partial charge in [-0.25, -0.2) is 4.79 Å². The highest BCUT2D eigenvalue weighted by molar-refractivity contribution is 5.80. The summed E-state index contributed by atoms with van der Waals surface area (Å²) in [6.45, 7) is 6.22. The van der Waals surface area contributed by atoms with Crippen molar-refractivity contribution in [2.45, 2.75) is 32.9 Å². The highest BCUT2D eigenvalue weighted by atomic mass is 16.5. The molecule has 26 heavy (non-hydrogen) atoms. The lowest BCUT2D eigenvalue weighted by Gasteiger charge is -2.36. The summed E-state index contributed by atoms with van der Waals surface area (Å²) in [7, 11) is 1.76. The van der Waals surface area contributed by atoms with Crippen LogP contribution in [0.5, 0.6) is 0 Å². The van der Waals surface area contributed by atoms with Gasteiger partial charge in [0.15, 0.2) is 0 Å². The molecule has 2 heterocycles. The summed E-state index contributed by atoms with van der Waals surface area (Å²) in [6.07, 6.45) is 0.908. The zero-order valence-corrected chi connectivity index (χ0v) is 15.7. The lowest BCUT2D eigenvalue weighted by atomic mass is 10.0. The second-order valence-electron chi connectivity index (χ2n) is 7.30. The summed E-state index contributed by atoms with van der Waals surface area (Å²) in [5.74, 6) is 0.491. The van der Waals surface area contributed by atoms with Crippen LogP contribution in [0.4, 0.5) is 4.79 Å². The molecule has 0 spiro atoms. The van der Waals surface area contributed by atoms with E-state index in [0.717, 1.165) is 17.3 Å². The molecule has 0 bridgehead atoms. The number of fused-ring (bicyclic) bond motifs is 1. The van der Waals surface area contributed by atoms with E-state index >= 15 is 0 Å². The molecule has 1 N–H and O–H groups in total. The molecular formula is C20H27N3O3. The van der Waals surface area contributed by atoms with Gasteiger partial charge in [-0.2, -0.15) is 0 Å². The van der Waals surface area contributed by atoms with E-state index in [1.807, 2.05) is 35.2 Å². The number of hydrogen-bond acceptors (Lipinski definition) is 3. The van der Waals surface area contributed by atoms with Crippen LogP contribution in [-0.4, -0.2) is 41.3 Å². The molecule has 140 valence electrons. The lowest BCUT2D eigenvalue weighted by Crippen LogP contribution is -2.52. The maximum atomic E-state index is 12.7. The first kappa shape index (κ1) is 18.5. The average molecular weight is 357 g/mol. The van der Waals surface area contributed by atoms with E-state index in [9.17, 15) is 9.59 Å². The number of nitrogens with one attached hydrogen (secondary N) is 1. The Labute approximate surface area is 153 Å². The molecular weight excluding hydrogens is 330 g/mol. The topological polar surface area (TPSA) is 63.6 Å². The van der Waals surface area contributed by atoms with E-state index in [1.165, 1.54) is 0 Å². The Morgan fingerprint density at radius 3 is 2.88 bits per heavy atom. The number of aromatic nitrogens is 1. The number of nitrogens with zero attached hydrogens (tertiary/aromatic N) is 2. The highest BCUT2D eigenvalue weighted by Gasteiger charge is 2.27. The molecule has 1 aromatic heterocycles. The molecule has 6 nitrogen and oxygen atoms in total. The molecule has 1 saturated heterocycles.